The molecule has 1 saturated heterocycles. The van der Waals surface area contributed by atoms with Crippen molar-refractivity contribution in [1.82, 2.24) is 4.90 Å². The Morgan fingerprint density at radius 2 is 2.04 bits per heavy atom. The summed E-state index contributed by atoms with van der Waals surface area (Å²) in [5.74, 6) is 0.471. The lowest BCUT2D eigenvalue weighted by atomic mass is 10.1. The van der Waals surface area contributed by atoms with Crippen LogP contribution in [0.25, 0.3) is 0 Å². The zero-order valence-electron chi connectivity index (χ0n) is 15.7. The van der Waals surface area contributed by atoms with E-state index in [9.17, 15) is 9.90 Å². The van der Waals surface area contributed by atoms with Crippen molar-refractivity contribution in [3.63, 3.8) is 0 Å². The summed E-state index contributed by atoms with van der Waals surface area (Å²) in [5.41, 5.74) is 9.19. The Hall–Kier alpha value is -2.57. The van der Waals surface area contributed by atoms with Gasteiger partial charge >= 0.3 is 5.97 Å². The minimum Gasteiger partial charge on any atom is -0.493 e. The minimum atomic E-state index is -0.826. The number of hydrogen-bond donors (Lipinski definition) is 2. The van der Waals surface area contributed by atoms with Gasteiger partial charge in [-0.3, -0.25) is 9.69 Å². The number of aryl methyl sites for hydroxylation is 1. The summed E-state index contributed by atoms with van der Waals surface area (Å²) in [4.78, 5) is 13.4. The monoisotopic (exact) mass is 370 g/mol. The van der Waals surface area contributed by atoms with Crippen LogP contribution in [-0.2, 0) is 17.9 Å². The van der Waals surface area contributed by atoms with Gasteiger partial charge in [-0.2, -0.15) is 0 Å². The number of ether oxygens (including phenoxy) is 2. The quantitative estimate of drug-likeness (QED) is 0.779. The predicted octanol–water partition coefficient (Wildman–Crippen LogP) is 2.57. The van der Waals surface area contributed by atoms with E-state index >= 15 is 0 Å². The minimum absolute atomic E-state index is 0.110. The molecule has 2 aromatic carbocycles. The van der Waals surface area contributed by atoms with Crippen LogP contribution in [0.1, 0.15) is 23.1 Å². The molecule has 1 aliphatic rings. The molecule has 0 saturated carbocycles. The zero-order valence-corrected chi connectivity index (χ0v) is 15.7. The first-order valence-corrected chi connectivity index (χ1v) is 9.04. The van der Waals surface area contributed by atoms with Crippen LogP contribution < -0.4 is 15.2 Å². The van der Waals surface area contributed by atoms with E-state index in [2.05, 4.69) is 6.07 Å². The van der Waals surface area contributed by atoms with E-state index in [-0.39, 0.29) is 6.04 Å². The van der Waals surface area contributed by atoms with Crippen molar-refractivity contribution in [2.75, 3.05) is 13.7 Å². The number of benzene rings is 2. The van der Waals surface area contributed by atoms with Gasteiger partial charge in [0, 0.05) is 19.1 Å². The molecule has 6 nitrogen and oxygen atoms in total. The molecule has 1 heterocycles. The molecule has 6 heteroatoms. The fourth-order valence-electron chi connectivity index (χ4n) is 3.50. The highest BCUT2D eigenvalue weighted by molar-refractivity contribution is 5.74. The van der Waals surface area contributed by atoms with Crippen molar-refractivity contribution >= 4 is 5.97 Å². The van der Waals surface area contributed by atoms with Crippen LogP contribution in [0.5, 0.6) is 11.5 Å². The Morgan fingerprint density at radius 1 is 1.22 bits per heavy atom. The number of hydrogen-bond acceptors (Lipinski definition) is 5. The molecule has 0 amide bonds. The zero-order chi connectivity index (χ0) is 19.4. The van der Waals surface area contributed by atoms with Gasteiger partial charge < -0.3 is 20.3 Å². The first-order valence-electron chi connectivity index (χ1n) is 9.04. The number of carboxylic acids is 1. The van der Waals surface area contributed by atoms with Crippen molar-refractivity contribution in [2.24, 2.45) is 5.73 Å². The molecular formula is C21H26N2O4. The van der Waals surface area contributed by atoms with Crippen LogP contribution in [0.3, 0.4) is 0 Å². The van der Waals surface area contributed by atoms with Gasteiger partial charge in [0.15, 0.2) is 11.5 Å². The molecule has 1 fully saturated rings. The second kappa shape index (κ2) is 8.41. The van der Waals surface area contributed by atoms with Gasteiger partial charge in [-0.1, -0.05) is 35.9 Å². The van der Waals surface area contributed by atoms with E-state index in [1.54, 1.807) is 7.11 Å². The third-order valence-corrected chi connectivity index (χ3v) is 4.81. The van der Waals surface area contributed by atoms with Gasteiger partial charge in [0.25, 0.3) is 0 Å². The summed E-state index contributed by atoms with van der Waals surface area (Å²) in [6, 6.07) is 13.2. The molecule has 3 rings (SSSR count). The van der Waals surface area contributed by atoms with Crippen LogP contribution in [0, 0.1) is 6.92 Å². The third-order valence-electron chi connectivity index (χ3n) is 4.81. The van der Waals surface area contributed by atoms with E-state index < -0.39 is 12.0 Å². The highest BCUT2D eigenvalue weighted by Gasteiger charge is 2.35. The topological polar surface area (TPSA) is 85.0 Å². The number of methoxy groups -OCH3 is 1. The summed E-state index contributed by atoms with van der Waals surface area (Å²) in [6.07, 6.45) is 0.474. The van der Waals surface area contributed by atoms with E-state index in [4.69, 9.17) is 15.2 Å². The fourth-order valence-corrected chi connectivity index (χ4v) is 3.50. The number of likely N-dealkylation sites (tertiary alicyclic amines) is 1. The van der Waals surface area contributed by atoms with Gasteiger partial charge in [0.05, 0.1) is 7.11 Å². The van der Waals surface area contributed by atoms with Crippen molar-refractivity contribution < 1.29 is 19.4 Å². The van der Waals surface area contributed by atoms with E-state index in [0.29, 0.717) is 37.6 Å². The first kappa shape index (κ1) is 19.2. The molecule has 0 spiro atoms. The summed E-state index contributed by atoms with van der Waals surface area (Å²) in [7, 11) is 1.61. The third kappa shape index (κ3) is 4.78. The molecule has 144 valence electrons. The molecular weight excluding hydrogens is 344 g/mol. The van der Waals surface area contributed by atoms with Crippen LogP contribution in [0.15, 0.2) is 42.5 Å². The van der Waals surface area contributed by atoms with Crippen LogP contribution in [0.4, 0.5) is 0 Å². The van der Waals surface area contributed by atoms with Crippen LogP contribution in [0.2, 0.25) is 0 Å². The van der Waals surface area contributed by atoms with Gasteiger partial charge in [-0.15, -0.1) is 0 Å². The van der Waals surface area contributed by atoms with Gasteiger partial charge in [-0.25, -0.2) is 0 Å². The maximum Gasteiger partial charge on any atom is 0.320 e. The van der Waals surface area contributed by atoms with Crippen molar-refractivity contribution in [2.45, 2.75) is 38.6 Å². The fraction of sp³-hybridized carbons (Fsp3) is 0.381. The molecule has 2 atom stereocenters. The lowest BCUT2D eigenvalue weighted by Crippen LogP contribution is -2.35. The Kier molecular flexibility index (Phi) is 5.98. The maximum atomic E-state index is 11.5. The largest absolute Gasteiger partial charge is 0.493 e. The second-order valence-electron chi connectivity index (χ2n) is 7.04. The first-order chi connectivity index (χ1) is 13.0. The molecule has 2 aromatic rings. The van der Waals surface area contributed by atoms with Crippen LogP contribution in [-0.4, -0.2) is 41.7 Å². The Balaban J connectivity index is 1.74. The number of carboxylic acid groups (broad SMARTS) is 1. The van der Waals surface area contributed by atoms with Gasteiger partial charge in [0.1, 0.15) is 12.6 Å². The summed E-state index contributed by atoms with van der Waals surface area (Å²) in [6.45, 7) is 3.57. The summed E-state index contributed by atoms with van der Waals surface area (Å²) < 4.78 is 11.4. The Bertz CT molecular complexity index is 809. The highest BCUT2D eigenvalue weighted by atomic mass is 16.5. The predicted molar refractivity (Wildman–Crippen MR) is 103 cm³/mol. The average molecular weight is 370 g/mol. The molecule has 3 N–H and O–H groups in total. The summed E-state index contributed by atoms with van der Waals surface area (Å²) in [5, 5.41) is 9.41. The van der Waals surface area contributed by atoms with E-state index in [1.165, 1.54) is 5.56 Å². The number of rotatable bonds is 7. The molecule has 27 heavy (non-hydrogen) atoms. The molecule has 0 aromatic heterocycles. The number of aliphatic carboxylic acids is 1. The standard InChI is InChI=1S/C21H26N2O4/c1-14-4-3-5-16(8-14)13-27-20-9-15(6-7-19(20)26-2)11-23-12-17(22)10-18(23)21(24)25/h3-9,17-18H,10-13,22H2,1-2H3,(H,24,25)/t17-,18-/m0/s1. The van der Waals surface area contributed by atoms with Crippen molar-refractivity contribution in [3.8, 4) is 11.5 Å². The maximum absolute atomic E-state index is 11.5. The number of nitrogens with zero attached hydrogens (tertiary/aromatic N) is 1. The Morgan fingerprint density at radius 3 is 2.74 bits per heavy atom. The van der Waals surface area contributed by atoms with Crippen molar-refractivity contribution in [1.29, 1.82) is 0 Å². The smallest absolute Gasteiger partial charge is 0.320 e. The average Bonchev–Trinajstić information content (AvgIpc) is 3.01. The van der Waals surface area contributed by atoms with Gasteiger partial charge in [-0.05, 0) is 36.6 Å². The second-order valence-corrected chi connectivity index (χ2v) is 7.04. The summed E-state index contributed by atoms with van der Waals surface area (Å²) >= 11 is 0. The normalized spacial score (nSPS) is 19.8. The lowest BCUT2D eigenvalue weighted by Gasteiger charge is -2.21. The molecule has 0 bridgehead atoms. The highest BCUT2D eigenvalue weighted by Crippen LogP contribution is 2.30. The SMILES string of the molecule is COc1ccc(CN2C[C@@H](N)C[C@H]2C(=O)O)cc1OCc1cccc(C)c1. The molecule has 0 aliphatic carbocycles. The molecule has 1 aliphatic heterocycles. The number of nitrogens with two attached hydrogens (primary N) is 1. The Labute approximate surface area is 159 Å². The molecule has 0 unspecified atom stereocenters. The molecule has 0 radical (unpaired) electrons. The van der Waals surface area contributed by atoms with Crippen molar-refractivity contribution in [3.05, 3.63) is 59.2 Å². The van der Waals surface area contributed by atoms with E-state index in [0.717, 1.165) is 11.1 Å². The number of carbonyl (C=O) groups is 1. The lowest BCUT2D eigenvalue weighted by molar-refractivity contribution is -0.142. The van der Waals surface area contributed by atoms with Crippen LogP contribution >= 0.6 is 0 Å². The van der Waals surface area contributed by atoms with Gasteiger partial charge in [0.2, 0.25) is 0 Å². The van der Waals surface area contributed by atoms with E-state index in [1.807, 2.05) is 48.2 Å².